The molecular formula is C12H21N3S. The maximum absolute atomic E-state index is 4.23. The van der Waals surface area contributed by atoms with Crippen LogP contribution in [0.15, 0.2) is 23.6 Å². The minimum absolute atomic E-state index is 0.627. The molecule has 0 fully saturated rings. The number of nitrogens with zero attached hydrogens (tertiary/aromatic N) is 2. The van der Waals surface area contributed by atoms with Crippen molar-refractivity contribution in [3.8, 4) is 0 Å². The molecule has 0 aliphatic rings. The van der Waals surface area contributed by atoms with Gasteiger partial charge in [0.25, 0.3) is 0 Å². The highest BCUT2D eigenvalue weighted by Gasteiger charge is 2.00. The molecule has 0 aliphatic heterocycles. The molecule has 1 rings (SSSR count). The number of nitrogens with one attached hydrogen (secondary N) is 1. The van der Waals surface area contributed by atoms with Gasteiger partial charge in [-0.25, -0.2) is 4.98 Å². The lowest BCUT2D eigenvalue weighted by Crippen LogP contribution is -2.26. The monoisotopic (exact) mass is 239 g/mol. The van der Waals surface area contributed by atoms with E-state index in [1.165, 1.54) is 19.3 Å². The van der Waals surface area contributed by atoms with Crippen molar-refractivity contribution in [3.63, 3.8) is 0 Å². The summed E-state index contributed by atoms with van der Waals surface area (Å²) in [6.07, 6.45) is 8.93. The molecule has 0 radical (unpaired) electrons. The third-order valence-electron chi connectivity index (χ3n) is 2.31. The molecule has 1 unspecified atom stereocenters. The van der Waals surface area contributed by atoms with Crippen LogP contribution in [-0.4, -0.2) is 28.3 Å². The van der Waals surface area contributed by atoms with E-state index in [1.807, 2.05) is 6.20 Å². The minimum Gasteiger partial charge on any atom is -0.314 e. The highest BCUT2D eigenvalue weighted by molar-refractivity contribution is 7.99. The van der Waals surface area contributed by atoms with Crippen molar-refractivity contribution in [1.29, 1.82) is 0 Å². The normalized spacial score (nSPS) is 12.6. The quantitative estimate of drug-likeness (QED) is 0.559. The number of hydrogen-bond donors (Lipinski definition) is 1. The van der Waals surface area contributed by atoms with Crippen LogP contribution < -0.4 is 5.32 Å². The fourth-order valence-corrected chi connectivity index (χ4v) is 2.21. The van der Waals surface area contributed by atoms with Gasteiger partial charge >= 0.3 is 0 Å². The summed E-state index contributed by atoms with van der Waals surface area (Å²) >= 11 is 1.78. The Hall–Kier alpha value is -0.610. The Bertz CT molecular complexity index is 266. The summed E-state index contributed by atoms with van der Waals surface area (Å²) in [5.41, 5.74) is 0. The zero-order valence-corrected chi connectivity index (χ0v) is 11.0. The van der Waals surface area contributed by atoms with E-state index in [2.05, 4.69) is 29.1 Å². The molecule has 1 N–H and O–H groups in total. The van der Waals surface area contributed by atoms with Gasteiger partial charge < -0.3 is 5.32 Å². The summed E-state index contributed by atoms with van der Waals surface area (Å²) in [5, 5.41) is 4.52. The summed E-state index contributed by atoms with van der Waals surface area (Å²) in [6.45, 7) is 5.57. The second-order valence-corrected chi connectivity index (χ2v) is 5.00. The molecule has 0 bridgehead atoms. The Balaban J connectivity index is 2.03. The SMILES string of the molecule is CCCNC(C)CCCSc1cnccn1. The molecule has 1 aromatic heterocycles. The predicted octanol–water partition coefficient (Wildman–Crippen LogP) is 2.74. The molecule has 90 valence electrons. The van der Waals surface area contributed by atoms with Gasteiger partial charge in [-0.2, -0.15) is 0 Å². The van der Waals surface area contributed by atoms with Gasteiger partial charge in [-0.15, -0.1) is 11.8 Å². The van der Waals surface area contributed by atoms with E-state index in [0.717, 1.165) is 17.3 Å². The minimum atomic E-state index is 0.627. The van der Waals surface area contributed by atoms with E-state index in [1.54, 1.807) is 24.2 Å². The Morgan fingerprint density at radius 2 is 2.31 bits per heavy atom. The molecule has 0 aromatic carbocycles. The topological polar surface area (TPSA) is 37.8 Å². The predicted molar refractivity (Wildman–Crippen MR) is 69.7 cm³/mol. The van der Waals surface area contributed by atoms with Crippen LogP contribution in [0.1, 0.15) is 33.1 Å². The fraction of sp³-hybridized carbons (Fsp3) is 0.667. The van der Waals surface area contributed by atoms with Crippen molar-refractivity contribution in [3.05, 3.63) is 18.6 Å². The third-order valence-corrected chi connectivity index (χ3v) is 3.31. The molecule has 16 heavy (non-hydrogen) atoms. The van der Waals surface area contributed by atoms with Crippen molar-refractivity contribution in [2.75, 3.05) is 12.3 Å². The Labute approximate surface area is 102 Å². The Morgan fingerprint density at radius 3 is 3.00 bits per heavy atom. The molecule has 3 nitrogen and oxygen atoms in total. The van der Waals surface area contributed by atoms with Crippen molar-refractivity contribution < 1.29 is 0 Å². The van der Waals surface area contributed by atoms with Gasteiger partial charge in [0.05, 0.1) is 6.20 Å². The maximum Gasteiger partial charge on any atom is 0.114 e. The first-order valence-electron chi connectivity index (χ1n) is 5.95. The standard InChI is InChI=1S/C12H21N3S/c1-3-6-14-11(2)5-4-9-16-12-10-13-7-8-15-12/h7-8,10-11,14H,3-6,9H2,1-2H3. The van der Waals surface area contributed by atoms with E-state index in [9.17, 15) is 0 Å². The lowest BCUT2D eigenvalue weighted by Gasteiger charge is -2.12. The second kappa shape index (κ2) is 8.53. The summed E-state index contributed by atoms with van der Waals surface area (Å²) in [4.78, 5) is 8.27. The van der Waals surface area contributed by atoms with Crippen LogP contribution in [0, 0.1) is 0 Å². The number of aromatic nitrogens is 2. The molecule has 0 spiro atoms. The van der Waals surface area contributed by atoms with Crippen LogP contribution in [0.25, 0.3) is 0 Å². The van der Waals surface area contributed by atoms with Crippen LogP contribution in [0.4, 0.5) is 0 Å². The fourth-order valence-electron chi connectivity index (χ4n) is 1.42. The highest BCUT2D eigenvalue weighted by Crippen LogP contribution is 2.15. The summed E-state index contributed by atoms with van der Waals surface area (Å²) < 4.78 is 0. The van der Waals surface area contributed by atoms with Crippen molar-refractivity contribution in [1.82, 2.24) is 15.3 Å². The van der Waals surface area contributed by atoms with Gasteiger partial charge in [0.2, 0.25) is 0 Å². The first kappa shape index (κ1) is 13.5. The lowest BCUT2D eigenvalue weighted by atomic mass is 10.2. The van der Waals surface area contributed by atoms with Gasteiger partial charge in [-0.3, -0.25) is 4.98 Å². The molecule has 0 amide bonds. The Morgan fingerprint density at radius 1 is 1.44 bits per heavy atom. The van der Waals surface area contributed by atoms with Gasteiger partial charge in [-0.1, -0.05) is 6.92 Å². The van der Waals surface area contributed by atoms with Gasteiger partial charge in [0.1, 0.15) is 5.03 Å². The highest BCUT2D eigenvalue weighted by atomic mass is 32.2. The van der Waals surface area contributed by atoms with E-state index in [4.69, 9.17) is 0 Å². The lowest BCUT2D eigenvalue weighted by molar-refractivity contribution is 0.510. The average Bonchev–Trinajstić information content (AvgIpc) is 2.33. The second-order valence-electron chi connectivity index (χ2n) is 3.89. The molecule has 0 aliphatic carbocycles. The van der Waals surface area contributed by atoms with E-state index >= 15 is 0 Å². The first-order chi connectivity index (χ1) is 7.83. The number of thioether (sulfide) groups is 1. The zero-order chi connectivity index (χ0) is 11.6. The number of rotatable bonds is 8. The summed E-state index contributed by atoms with van der Waals surface area (Å²) in [5.74, 6) is 1.12. The zero-order valence-electron chi connectivity index (χ0n) is 10.1. The molecule has 1 atom stereocenters. The van der Waals surface area contributed by atoms with E-state index in [-0.39, 0.29) is 0 Å². The van der Waals surface area contributed by atoms with Crippen LogP contribution in [0.2, 0.25) is 0 Å². The Kier molecular flexibility index (Phi) is 7.17. The third kappa shape index (κ3) is 6.08. The van der Waals surface area contributed by atoms with Crippen molar-refractivity contribution >= 4 is 11.8 Å². The van der Waals surface area contributed by atoms with Crippen LogP contribution in [0.3, 0.4) is 0 Å². The van der Waals surface area contributed by atoms with Gasteiger partial charge in [-0.05, 0) is 38.5 Å². The van der Waals surface area contributed by atoms with E-state index in [0.29, 0.717) is 6.04 Å². The summed E-state index contributed by atoms with van der Waals surface area (Å²) in [7, 11) is 0. The molecule has 1 heterocycles. The van der Waals surface area contributed by atoms with Crippen LogP contribution in [-0.2, 0) is 0 Å². The molecule has 1 aromatic rings. The van der Waals surface area contributed by atoms with Gasteiger partial charge in [0.15, 0.2) is 0 Å². The molecule has 4 heteroatoms. The van der Waals surface area contributed by atoms with Gasteiger partial charge in [0, 0.05) is 18.4 Å². The molecular weight excluding hydrogens is 218 g/mol. The number of hydrogen-bond acceptors (Lipinski definition) is 4. The van der Waals surface area contributed by atoms with Crippen LogP contribution in [0.5, 0.6) is 0 Å². The smallest absolute Gasteiger partial charge is 0.114 e. The van der Waals surface area contributed by atoms with Crippen molar-refractivity contribution in [2.24, 2.45) is 0 Å². The summed E-state index contributed by atoms with van der Waals surface area (Å²) in [6, 6.07) is 0.627. The molecule has 0 saturated carbocycles. The molecule has 0 saturated heterocycles. The largest absolute Gasteiger partial charge is 0.314 e. The first-order valence-corrected chi connectivity index (χ1v) is 6.93. The van der Waals surface area contributed by atoms with E-state index < -0.39 is 0 Å². The van der Waals surface area contributed by atoms with Crippen molar-refractivity contribution in [2.45, 2.75) is 44.2 Å². The maximum atomic E-state index is 4.23. The van der Waals surface area contributed by atoms with Crippen LogP contribution >= 0.6 is 11.8 Å². The average molecular weight is 239 g/mol.